The largest absolute Gasteiger partial charge is 0.487 e. The van der Waals surface area contributed by atoms with Gasteiger partial charge in [-0.15, -0.1) is 0 Å². The zero-order chi connectivity index (χ0) is 33.3. The third kappa shape index (κ3) is 6.78. The van der Waals surface area contributed by atoms with Crippen molar-refractivity contribution in [2.45, 2.75) is 107 Å². The monoisotopic (exact) mass is 656 g/mol. The molecule has 0 radical (unpaired) electrons. The highest BCUT2D eigenvalue weighted by Crippen LogP contribution is 2.47. The molecule has 1 saturated heterocycles. The molecule has 3 heterocycles. The summed E-state index contributed by atoms with van der Waals surface area (Å²) in [6.07, 6.45) is 10.5. The molecule has 10 heteroatoms. The Morgan fingerprint density at radius 3 is 2.52 bits per heavy atom. The fourth-order valence-corrected chi connectivity index (χ4v) is 8.22. The number of anilines is 1. The third-order valence-corrected chi connectivity index (χ3v) is 10.8. The average Bonchev–Trinajstić information content (AvgIpc) is 3.88. The molecule has 3 fully saturated rings. The van der Waals surface area contributed by atoms with Crippen LogP contribution in [0.25, 0.3) is 0 Å². The first-order valence-electron chi connectivity index (χ1n) is 17.6. The second-order valence-corrected chi connectivity index (χ2v) is 14.1. The Kier molecular flexibility index (Phi) is 9.38. The van der Waals surface area contributed by atoms with Gasteiger partial charge < -0.3 is 29.9 Å². The Balaban J connectivity index is 1.14. The van der Waals surface area contributed by atoms with E-state index in [-0.39, 0.29) is 52.8 Å². The van der Waals surface area contributed by atoms with Crippen molar-refractivity contribution in [3.8, 4) is 5.75 Å². The van der Waals surface area contributed by atoms with Gasteiger partial charge in [-0.2, -0.15) is 0 Å². The lowest BCUT2D eigenvalue weighted by molar-refractivity contribution is -0.117. The molecular formula is C38H45FN4O5. The van der Waals surface area contributed by atoms with E-state index in [2.05, 4.69) is 10.6 Å². The number of aliphatic hydroxyl groups is 1. The highest BCUT2D eigenvalue weighted by Gasteiger charge is 2.43. The SMILES string of the molecule is O=C(N[C@@H](Cc1ccccc1)[C@H](O)CN[C@H]1CC2(CCCC2)Oc2ccc(F)cc21)c1cc(N2CCCC2=O)c(=O)n(C2CCCC2)c1. The maximum Gasteiger partial charge on any atom is 0.274 e. The molecule has 1 aromatic heterocycles. The number of amides is 2. The number of nitrogens with one attached hydrogen (secondary N) is 2. The van der Waals surface area contributed by atoms with Crippen molar-refractivity contribution >= 4 is 17.5 Å². The number of nitrogens with zero attached hydrogens (tertiary/aromatic N) is 2. The maximum atomic E-state index is 14.4. The molecular weight excluding hydrogens is 611 g/mol. The van der Waals surface area contributed by atoms with Gasteiger partial charge in [0.25, 0.3) is 11.5 Å². The van der Waals surface area contributed by atoms with Crippen molar-refractivity contribution in [2.24, 2.45) is 0 Å². The van der Waals surface area contributed by atoms with Gasteiger partial charge in [-0.25, -0.2) is 4.39 Å². The topological polar surface area (TPSA) is 113 Å². The lowest BCUT2D eigenvalue weighted by Crippen LogP contribution is -2.50. The smallest absolute Gasteiger partial charge is 0.274 e. The molecule has 0 bridgehead atoms. The van der Waals surface area contributed by atoms with E-state index in [0.29, 0.717) is 38.0 Å². The maximum absolute atomic E-state index is 14.4. The number of aliphatic hydroxyl groups excluding tert-OH is 1. The Labute approximate surface area is 280 Å². The van der Waals surface area contributed by atoms with Gasteiger partial charge in [0, 0.05) is 49.8 Å². The molecule has 2 aliphatic carbocycles. The van der Waals surface area contributed by atoms with E-state index in [1.165, 1.54) is 23.1 Å². The predicted octanol–water partition coefficient (Wildman–Crippen LogP) is 5.36. The zero-order valence-corrected chi connectivity index (χ0v) is 27.3. The van der Waals surface area contributed by atoms with Crippen LogP contribution in [0.3, 0.4) is 0 Å². The highest BCUT2D eigenvalue weighted by atomic mass is 19.1. The molecule has 0 unspecified atom stereocenters. The van der Waals surface area contributed by atoms with Crippen molar-refractivity contribution in [1.82, 2.24) is 15.2 Å². The number of aromatic nitrogens is 1. The number of pyridine rings is 1. The first kappa shape index (κ1) is 32.5. The van der Waals surface area contributed by atoms with E-state index in [4.69, 9.17) is 4.74 Å². The first-order valence-corrected chi connectivity index (χ1v) is 17.6. The van der Waals surface area contributed by atoms with Crippen LogP contribution >= 0.6 is 0 Å². The minimum absolute atomic E-state index is 0.0213. The van der Waals surface area contributed by atoms with E-state index in [1.807, 2.05) is 30.3 Å². The number of carbonyl (C=O) groups excluding carboxylic acids is 2. The number of fused-ring (bicyclic) bond motifs is 1. The van der Waals surface area contributed by atoms with E-state index in [1.54, 1.807) is 16.8 Å². The van der Waals surface area contributed by atoms with Gasteiger partial charge >= 0.3 is 0 Å². The molecule has 3 aromatic rings. The number of hydrogen-bond acceptors (Lipinski definition) is 6. The molecule has 3 N–H and O–H groups in total. The van der Waals surface area contributed by atoms with Crippen LogP contribution in [-0.2, 0) is 11.2 Å². The van der Waals surface area contributed by atoms with Crippen LogP contribution in [-0.4, -0.2) is 52.3 Å². The molecule has 1 spiro atoms. The molecule has 2 aromatic carbocycles. The predicted molar refractivity (Wildman–Crippen MR) is 181 cm³/mol. The Bertz CT molecular complexity index is 1700. The van der Waals surface area contributed by atoms with Crippen LogP contribution in [0.4, 0.5) is 10.1 Å². The van der Waals surface area contributed by atoms with E-state index in [0.717, 1.165) is 62.5 Å². The fourth-order valence-electron chi connectivity index (χ4n) is 8.22. The second kappa shape index (κ2) is 13.8. The molecule has 7 rings (SSSR count). The number of carbonyl (C=O) groups is 2. The quantitative estimate of drug-likeness (QED) is 0.271. The van der Waals surface area contributed by atoms with Crippen molar-refractivity contribution in [2.75, 3.05) is 18.0 Å². The average molecular weight is 657 g/mol. The second-order valence-electron chi connectivity index (χ2n) is 14.1. The third-order valence-electron chi connectivity index (χ3n) is 10.8. The molecule has 4 aliphatic rings. The minimum atomic E-state index is -0.992. The van der Waals surface area contributed by atoms with Gasteiger partial charge in [-0.3, -0.25) is 14.4 Å². The summed E-state index contributed by atoms with van der Waals surface area (Å²) >= 11 is 0. The van der Waals surface area contributed by atoms with Crippen molar-refractivity contribution in [3.05, 3.63) is 93.7 Å². The van der Waals surface area contributed by atoms with Crippen LogP contribution < -0.4 is 25.8 Å². The molecule has 2 aliphatic heterocycles. The summed E-state index contributed by atoms with van der Waals surface area (Å²) in [5.74, 6) is -0.191. The fraction of sp³-hybridized carbons (Fsp3) is 0.500. The summed E-state index contributed by atoms with van der Waals surface area (Å²) in [5.41, 5.74) is 1.66. The molecule has 9 nitrogen and oxygen atoms in total. The number of rotatable bonds is 10. The molecule has 254 valence electrons. The van der Waals surface area contributed by atoms with Gasteiger partial charge in [0.2, 0.25) is 5.91 Å². The lowest BCUT2D eigenvalue weighted by atomic mass is 9.85. The van der Waals surface area contributed by atoms with Crippen LogP contribution in [0, 0.1) is 5.82 Å². The summed E-state index contributed by atoms with van der Waals surface area (Å²) in [4.78, 5) is 41.9. The van der Waals surface area contributed by atoms with Gasteiger partial charge in [-0.1, -0.05) is 43.2 Å². The van der Waals surface area contributed by atoms with Gasteiger partial charge in [0.05, 0.1) is 17.7 Å². The standard InChI is InChI=1S/C38H45FN4O5/c39-27-14-15-34-29(21-27)31(22-38(48-34)16-6-7-17-38)40-23-33(44)30(19-25-9-2-1-3-10-25)41-36(46)26-20-32(42-18-8-13-35(42)45)37(47)43(24-26)28-11-4-5-12-28/h1-3,9-10,14-15,20-21,24,28,30-31,33,40,44H,4-8,11-13,16-19,22-23H2,(H,41,46)/t30-,31-,33+/m0/s1. The van der Waals surface area contributed by atoms with Crippen LogP contribution in [0.1, 0.15) is 104 Å². The van der Waals surface area contributed by atoms with Crippen LogP contribution in [0.2, 0.25) is 0 Å². The lowest BCUT2D eigenvalue weighted by Gasteiger charge is -2.41. The number of halogens is 1. The highest BCUT2D eigenvalue weighted by molar-refractivity contribution is 5.98. The zero-order valence-electron chi connectivity index (χ0n) is 27.3. The molecule has 48 heavy (non-hydrogen) atoms. The van der Waals surface area contributed by atoms with E-state index in [9.17, 15) is 23.9 Å². The minimum Gasteiger partial charge on any atom is -0.487 e. The van der Waals surface area contributed by atoms with Crippen molar-refractivity contribution in [1.29, 1.82) is 0 Å². The molecule has 2 saturated carbocycles. The normalized spacial score (nSPS) is 21.7. The van der Waals surface area contributed by atoms with Crippen LogP contribution in [0.15, 0.2) is 65.6 Å². The number of benzene rings is 2. The summed E-state index contributed by atoms with van der Waals surface area (Å²) in [7, 11) is 0. The summed E-state index contributed by atoms with van der Waals surface area (Å²) in [6, 6.07) is 14.9. The van der Waals surface area contributed by atoms with Gasteiger partial charge in [0.15, 0.2) is 0 Å². The molecule has 3 atom stereocenters. The summed E-state index contributed by atoms with van der Waals surface area (Å²) in [6.45, 7) is 0.606. The van der Waals surface area contributed by atoms with E-state index < -0.39 is 18.1 Å². The summed E-state index contributed by atoms with van der Waals surface area (Å²) in [5, 5.41) is 18.3. The van der Waals surface area contributed by atoms with E-state index >= 15 is 0 Å². The van der Waals surface area contributed by atoms with Crippen LogP contribution in [0.5, 0.6) is 5.75 Å². The Hall–Kier alpha value is -4.02. The van der Waals surface area contributed by atoms with Gasteiger partial charge in [0.1, 0.15) is 22.9 Å². The molecule has 2 amide bonds. The number of hydrogen-bond donors (Lipinski definition) is 3. The number of ether oxygens (including phenoxy) is 1. The van der Waals surface area contributed by atoms with Gasteiger partial charge in [-0.05, 0) is 81.2 Å². The Morgan fingerprint density at radius 2 is 1.79 bits per heavy atom. The van der Waals surface area contributed by atoms with Crippen molar-refractivity contribution in [3.63, 3.8) is 0 Å². The first-order chi connectivity index (χ1) is 23.3. The Morgan fingerprint density at radius 1 is 1.02 bits per heavy atom. The van der Waals surface area contributed by atoms with Crippen molar-refractivity contribution < 1.29 is 23.8 Å². The summed E-state index contributed by atoms with van der Waals surface area (Å²) < 4.78 is 22.5.